The molecule has 0 spiro atoms. The number of carbonyl (C=O) groups excluding carboxylic acids is 6. The number of amides is 7. The van der Waals surface area contributed by atoms with Gasteiger partial charge in [-0.15, -0.1) is 0 Å². The number of fused-ring (bicyclic) bond motifs is 2. The lowest BCUT2D eigenvalue weighted by atomic mass is 9.39. The Bertz CT molecular complexity index is 4290. The fraction of sp³-hybridized carbons (Fsp3) is 0.520. The number of urea groups is 1. The van der Waals surface area contributed by atoms with E-state index in [-0.39, 0.29) is 124 Å². The molecule has 2 unspecified atom stereocenters. The lowest BCUT2D eigenvalue weighted by Gasteiger charge is -2.69. The van der Waals surface area contributed by atoms with Gasteiger partial charge in [-0.25, -0.2) is 24.4 Å². The number of hydrogen-bond acceptors (Lipinski definition) is 24. The zero-order valence-electron chi connectivity index (χ0n) is 60.8. The summed E-state index contributed by atoms with van der Waals surface area (Å²) in [6.07, 6.45) is 4.59. The molecular weight excluding hydrogens is 1440 g/mol. The Labute approximate surface area is 628 Å². The van der Waals surface area contributed by atoms with Gasteiger partial charge in [0.15, 0.2) is 10.8 Å². The van der Waals surface area contributed by atoms with Gasteiger partial charge in [0.1, 0.15) is 54.8 Å². The summed E-state index contributed by atoms with van der Waals surface area (Å²) >= 11 is 1.39. The third kappa shape index (κ3) is 19.9. The van der Waals surface area contributed by atoms with Gasteiger partial charge < -0.3 is 79.8 Å². The fourth-order valence-corrected chi connectivity index (χ4v) is 18.2. The van der Waals surface area contributed by atoms with Gasteiger partial charge >= 0.3 is 18.1 Å². The van der Waals surface area contributed by atoms with Crippen LogP contribution in [0.15, 0.2) is 90.6 Å². The SMILES string of the molecule is COCCN(CCOC12CC3(C)CC(C)(CC(CN/C(C)=C(\C=N)c4ccc(-c5ccc6c(c5)N(C(=O)Nc5nc7ccccc7s5)CCC6)nc4C(=O)O)(C3)C1)C2)C(=O)OCc1ccc(O[C@H]2OC[C@@H](O)[C@@H](O)[C@H]2O)cc1OCCOCCNC(=O)[C@H](CS(=O)(=O)O)NC(=O)CCCCCN1C(=O)C=CC1=O. The molecule has 7 aliphatic rings. The number of aromatic carboxylic acids is 1. The molecular formula is C75H94N10O21S2. The third-order valence-corrected chi connectivity index (χ3v) is 22.2. The summed E-state index contributed by atoms with van der Waals surface area (Å²) in [7, 11) is -3.21. The number of rotatable bonds is 36. The van der Waals surface area contributed by atoms with E-state index in [4.69, 9.17) is 43.6 Å². The third-order valence-electron chi connectivity index (χ3n) is 20.5. The van der Waals surface area contributed by atoms with Crippen LogP contribution >= 0.6 is 11.3 Å². The largest absolute Gasteiger partial charge is 0.491 e. The van der Waals surface area contributed by atoms with Gasteiger partial charge in [-0.1, -0.05) is 55.9 Å². The average Bonchev–Trinajstić information content (AvgIpc) is 0.838. The summed E-state index contributed by atoms with van der Waals surface area (Å²) in [4.78, 5) is 104. The van der Waals surface area contributed by atoms with E-state index in [9.17, 15) is 67.0 Å². The van der Waals surface area contributed by atoms with Crippen LogP contribution in [0.4, 0.5) is 20.4 Å². The molecule has 3 aromatic carbocycles. The number of ether oxygens (including phenoxy) is 7. The van der Waals surface area contributed by atoms with Crippen molar-refractivity contribution < 1.29 is 100 Å². The predicted molar refractivity (Wildman–Crippen MR) is 396 cm³/mol. The number of carboxylic acids is 1. The topological polar surface area (TPSA) is 427 Å². The van der Waals surface area contributed by atoms with Crippen LogP contribution in [0.5, 0.6) is 11.5 Å². The van der Waals surface area contributed by atoms with E-state index in [1.54, 1.807) is 23.1 Å². The minimum atomic E-state index is -4.73. The normalized spacial score (nSPS) is 24.0. The number of aryl methyl sites for hydroxylation is 1. The molecule has 12 rings (SSSR count). The van der Waals surface area contributed by atoms with E-state index in [0.717, 1.165) is 71.8 Å². The van der Waals surface area contributed by atoms with Crippen LogP contribution in [0.1, 0.15) is 119 Å². The molecule has 7 amide bonds. The highest BCUT2D eigenvalue weighted by Crippen LogP contribution is 2.71. The number of carboxylic acid groups (broad SMARTS) is 1. The Hall–Kier alpha value is -9.03. The maximum Gasteiger partial charge on any atom is 0.410 e. The lowest BCUT2D eigenvalue weighted by molar-refractivity contribution is -0.243. The number of anilines is 2. The maximum atomic E-state index is 14.2. The number of unbranched alkanes of at least 4 members (excludes halogenated alkanes) is 2. The molecule has 7 atom stereocenters. The van der Waals surface area contributed by atoms with Crippen LogP contribution < -0.4 is 35.6 Å². The second kappa shape index (κ2) is 34.7. The molecule has 10 N–H and O–H groups in total. The molecule has 582 valence electrons. The molecule has 3 aliphatic heterocycles. The maximum absolute atomic E-state index is 14.2. The van der Waals surface area contributed by atoms with E-state index >= 15 is 0 Å². The predicted octanol–water partition coefficient (Wildman–Crippen LogP) is 6.62. The number of benzene rings is 3. The van der Waals surface area contributed by atoms with Crippen molar-refractivity contribution in [1.82, 2.24) is 35.7 Å². The highest BCUT2D eigenvalue weighted by atomic mass is 32.2. The molecule has 5 heterocycles. The van der Waals surface area contributed by atoms with Crippen molar-refractivity contribution >= 4 is 96.0 Å². The molecule has 2 aromatic heterocycles. The molecule has 31 nitrogen and oxygen atoms in total. The molecule has 4 aliphatic carbocycles. The van der Waals surface area contributed by atoms with E-state index in [0.29, 0.717) is 77.7 Å². The number of hydrogen-bond donors (Lipinski definition) is 10. The van der Waals surface area contributed by atoms with Crippen molar-refractivity contribution in [3.8, 4) is 22.8 Å². The second-order valence-electron chi connectivity index (χ2n) is 29.4. The monoisotopic (exact) mass is 1530 g/mol. The number of aliphatic hydroxyl groups is 3. The molecule has 4 saturated carbocycles. The molecule has 5 aromatic rings. The van der Waals surface area contributed by atoms with Crippen molar-refractivity contribution in [1.29, 1.82) is 5.41 Å². The number of methoxy groups -OCH3 is 1. The van der Waals surface area contributed by atoms with Crippen molar-refractivity contribution in [2.45, 2.75) is 141 Å². The smallest absolute Gasteiger partial charge is 0.410 e. The van der Waals surface area contributed by atoms with E-state index in [2.05, 4.69) is 40.1 Å². The number of nitrogens with zero attached hydrogens (tertiary/aromatic N) is 5. The van der Waals surface area contributed by atoms with Crippen LogP contribution in [-0.4, -0.2) is 229 Å². The van der Waals surface area contributed by atoms with Gasteiger partial charge in [-0.05, 0) is 135 Å². The summed E-state index contributed by atoms with van der Waals surface area (Å²) in [6.45, 7) is 7.14. The average molecular weight is 1540 g/mol. The quantitative estimate of drug-likeness (QED) is 0.00871. The molecule has 1 saturated heterocycles. The summed E-state index contributed by atoms with van der Waals surface area (Å²) in [6, 6.07) is 19.3. The number of para-hydroxylation sites is 1. The summed E-state index contributed by atoms with van der Waals surface area (Å²) in [5, 5.41) is 62.4. The zero-order chi connectivity index (χ0) is 77.1. The molecule has 0 radical (unpaired) electrons. The van der Waals surface area contributed by atoms with Crippen molar-refractivity contribution in [3.05, 3.63) is 113 Å². The molecule has 33 heteroatoms. The number of thiazole rings is 1. The second-order valence-corrected chi connectivity index (χ2v) is 32.0. The van der Waals surface area contributed by atoms with Crippen molar-refractivity contribution in [2.24, 2.45) is 16.2 Å². The molecule has 5 fully saturated rings. The number of allylic oxidation sites excluding steroid dienone is 2. The van der Waals surface area contributed by atoms with Gasteiger partial charge in [0.05, 0.1) is 54.5 Å². The lowest BCUT2D eigenvalue weighted by Crippen LogP contribution is -2.65. The van der Waals surface area contributed by atoms with Crippen molar-refractivity contribution in [2.75, 3.05) is 102 Å². The standard InChI is InChI=1S/C75H94N10O21S2/c1-46(52(35-76)51-19-20-53(80-63(51)67(93)94)48-16-15-47-11-10-25-84(56(47)33-48)70(95)82-69-81-54-12-7-8-13-59(54)107-69)78-45-74-40-72(2)39-73(3,41-74)43-75(42-72,44-74)105-30-27-83(26-29-100-4)71(96)104-36-49-17-18-50(106-68-65(91)64(90)57(86)37-103-68)34-58(49)102-32-31-101-28-23-77-66(92)55(38-108(97,98)99)79-60(87)14-6-5-9-24-85-61(88)21-22-62(85)89/h7-8,12-13,15-22,33-35,55,57,64-65,68,76,78,86,90-91H,5-6,9-11,14,23-32,36-45H2,1-4H3,(H,77,92)(H,79,87)(H,93,94)(H,81,82,95)(H,97,98,99)/b52-46+,76-35?/t55-,57+,64+,65+,68+,72?,73?,74?,75?/m0/s1. The van der Waals surface area contributed by atoms with Crippen LogP contribution in [0.3, 0.4) is 0 Å². The van der Waals surface area contributed by atoms with Crippen molar-refractivity contribution in [3.63, 3.8) is 0 Å². The Morgan fingerprint density at radius 2 is 1.62 bits per heavy atom. The summed E-state index contributed by atoms with van der Waals surface area (Å²) in [5.41, 5.74) is 3.89. The van der Waals surface area contributed by atoms with E-state index in [1.807, 2.05) is 49.4 Å². The number of aliphatic hydroxyl groups excluding tert-OH is 3. The number of nitrogens with one attached hydrogen (secondary N) is 5. The first kappa shape index (κ1) is 80.0. The Morgan fingerprint density at radius 3 is 2.35 bits per heavy atom. The van der Waals surface area contributed by atoms with Crippen LogP contribution in [-0.2, 0) is 66.0 Å². The highest BCUT2D eigenvalue weighted by Gasteiger charge is 2.66. The first-order valence-electron chi connectivity index (χ1n) is 36.1. The zero-order valence-corrected chi connectivity index (χ0v) is 62.4. The van der Waals surface area contributed by atoms with Crippen LogP contribution in [0.2, 0.25) is 0 Å². The fourth-order valence-electron chi connectivity index (χ4n) is 16.7. The first-order valence-corrected chi connectivity index (χ1v) is 38.5. The van der Waals surface area contributed by atoms with Gasteiger partial charge in [0.2, 0.25) is 18.1 Å². The van der Waals surface area contributed by atoms with Gasteiger partial charge in [-0.3, -0.25) is 38.8 Å². The van der Waals surface area contributed by atoms with Crippen LogP contribution in [0, 0.1) is 21.7 Å². The van der Waals surface area contributed by atoms with Gasteiger partial charge in [0.25, 0.3) is 21.9 Å². The molecule has 108 heavy (non-hydrogen) atoms. The molecule has 4 bridgehead atoms. The Balaban J connectivity index is 0.696. The number of carbonyl (C=O) groups is 7. The number of pyridine rings is 1. The number of aromatic nitrogens is 2. The van der Waals surface area contributed by atoms with Gasteiger partial charge in [-0.2, -0.15) is 8.42 Å². The minimum Gasteiger partial charge on any atom is -0.491 e. The summed E-state index contributed by atoms with van der Waals surface area (Å²) < 4.78 is 75.8. The number of imide groups is 1. The first-order chi connectivity index (χ1) is 51.6. The Morgan fingerprint density at radius 1 is 0.861 bits per heavy atom. The van der Waals surface area contributed by atoms with E-state index in [1.165, 1.54) is 47.6 Å². The van der Waals surface area contributed by atoms with Gasteiger partial charge in [0, 0.05) is 111 Å². The van der Waals surface area contributed by atoms with E-state index < -0.39 is 87.8 Å². The summed E-state index contributed by atoms with van der Waals surface area (Å²) in [5.74, 6) is -4.54. The van der Waals surface area contributed by atoms with Crippen LogP contribution in [0.25, 0.3) is 27.0 Å². The highest BCUT2D eigenvalue weighted by molar-refractivity contribution is 7.85. The Kier molecular flexibility index (Phi) is 25.7. The minimum absolute atomic E-state index is 0.0822.